The Hall–Kier alpha value is -1.06. The zero-order valence-corrected chi connectivity index (χ0v) is 13.9. The van der Waals surface area contributed by atoms with E-state index in [-0.39, 0.29) is 24.0 Å². The first-order valence-corrected chi connectivity index (χ1v) is 9.15. The SMILES string of the molecule is C[C@]12CC[C@@H]3c4ccc(O)cc4CC[C@H]3[C@@H]1CC(CCO)[C@H]2O. The summed E-state index contributed by atoms with van der Waals surface area (Å²) in [6.07, 6.45) is 5.95. The lowest BCUT2D eigenvalue weighted by Crippen LogP contribution is -2.44. The van der Waals surface area contributed by atoms with Gasteiger partial charge in [-0.2, -0.15) is 0 Å². The Bertz CT molecular complexity index is 599. The number of benzene rings is 1. The van der Waals surface area contributed by atoms with E-state index in [1.165, 1.54) is 17.5 Å². The van der Waals surface area contributed by atoms with Crippen LogP contribution in [0.15, 0.2) is 18.2 Å². The Morgan fingerprint density at radius 3 is 2.87 bits per heavy atom. The van der Waals surface area contributed by atoms with Crippen LogP contribution in [-0.4, -0.2) is 28.0 Å². The van der Waals surface area contributed by atoms with Crippen molar-refractivity contribution < 1.29 is 15.3 Å². The highest BCUT2D eigenvalue weighted by Crippen LogP contribution is 2.62. The highest BCUT2D eigenvalue weighted by molar-refractivity contribution is 5.40. The molecule has 2 saturated carbocycles. The van der Waals surface area contributed by atoms with Crippen LogP contribution in [0.25, 0.3) is 0 Å². The van der Waals surface area contributed by atoms with Crippen molar-refractivity contribution in [2.45, 2.75) is 57.5 Å². The molecular weight excluding hydrogens is 288 g/mol. The molecule has 1 aromatic carbocycles. The number of aliphatic hydroxyl groups excluding tert-OH is 2. The fraction of sp³-hybridized carbons (Fsp3) is 0.700. The zero-order chi connectivity index (χ0) is 16.2. The first kappa shape index (κ1) is 15.5. The van der Waals surface area contributed by atoms with E-state index in [1.54, 1.807) is 0 Å². The summed E-state index contributed by atoms with van der Waals surface area (Å²) in [4.78, 5) is 0. The van der Waals surface area contributed by atoms with E-state index < -0.39 is 0 Å². The van der Waals surface area contributed by atoms with Crippen LogP contribution >= 0.6 is 0 Å². The molecule has 3 nitrogen and oxygen atoms in total. The number of fused-ring (bicyclic) bond motifs is 5. The molecule has 0 bridgehead atoms. The number of hydrogen-bond donors (Lipinski definition) is 3. The summed E-state index contributed by atoms with van der Waals surface area (Å²) in [5, 5.41) is 29.9. The van der Waals surface area contributed by atoms with Gasteiger partial charge in [0.05, 0.1) is 6.10 Å². The highest BCUT2D eigenvalue weighted by atomic mass is 16.3. The molecule has 2 fully saturated rings. The lowest BCUT2D eigenvalue weighted by Gasteiger charge is -2.50. The maximum atomic E-state index is 10.9. The number of aromatic hydroxyl groups is 1. The first-order chi connectivity index (χ1) is 11.0. The molecule has 3 aliphatic rings. The van der Waals surface area contributed by atoms with Crippen molar-refractivity contribution in [1.29, 1.82) is 0 Å². The molecule has 4 rings (SSSR count). The van der Waals surface area contributed by atoms with Gasteiger partial charge in [0.15, 0.2) is 0 Å². The molecule has 3 aliphatic carbocycles. The predicted octanol–water partition coefficient (Wildman–Crippen LogP) is 3.22. The second-order valence-electron chi connectivity index (χ2n) is 8.30. The van der Waals surface area contributed by atoms with E-state index in [2.05, 4.69) is 13.0 Å². The van der Waals surface area contributed by atoms with Gasteiger partial charge < -0.3 is 15.3 Å². The van der Waals surface area contributed by atoms with Crippen LogP contribution in [0.3, 0.4) is 0 Å². The average Bonchev–Trinajstić information content (AvgIpc) is 2.79. The van der Waals surface area contributed by atoms with Crippen molar-refractivity contribution in [2.75, 3.05) is 6.61 Å². The molecule has 3 N–H and O–H groups in total. The minimum atomic E-state index is -0.262. The standard InChI is InChI=1S/C20H28O3/c1-20-8-6-16-15-5-3-14(22)10-12(15)2-4-17(16)18(20)11-13(7-9-21)19(20)23/h3,5,10,13,16-19,21-23H,2,4,6-9,11H2,1H3/t13?,16-,17-,18+,19-,20+/m1/s1. The molecule has 0 radical (unpaired) electrons. The summed E-state index contributed by atoms with van der Waals surface area (Å²) in [7, 11) is 0. The van der Waals surface area contributed by atoms with E-state index in [4.69, 9.17) is 0 Å². The molecule has 23 heavy (non-hydrogen) atoms. The minimum absolute atomic E-state index is 0.0232. The Balaban J connectivity index is 1.65. The summed E-state index contributed by atoms with van der Waals surface area (Å²) in [5.41, 5.74) is 2.77. The van der Waals surface area contributed by atoms with Gasteiger partial charge in [0, 0.05) is 6.61 Å². The van der Waals surface area contributed by atoms with Gasteiger partial charge in [-0.25, -0.2) is 0 Å². The molecule has 0 spiro atoms. The van der Waals surface area contributed by atoms with Gasteiger partial charge in [0.25, 0.3) is 0 Å². The van der Waals surface area contributed by atoms with Crippen molar-refractivity contribution in [3.8, 4) is 5.75 Å². The maximum Gasteiger partial charge on any atom is 0.115 e. The molecule has 6 atom stereocenters. The second-order valence-corrected chi connectivity index (χ2v) is 8.30. The molecule has 0 amide bonds. The van der Waals surface area contributed by atoms with Crippen LogP contribution in [0.4, 0.5) is 0 Å². The fourth-order valence-corrected chi connectivity index (χ4v) is 6.16. The smallest absolute Gasteiger partial charge is 0.115 e. The van der Waals surface area contributed by atoms with Crippen LogP contribution in [0.1, 0.15) is 56.1 Å². The van der Waals surface area contributed by atoms with Gasteiger partial charge in [-0.15, -0.1) is 0 Å². The van der Waals surface area contributed by atoms with E-state index in [1.807, 2.05) is 12.1 Å². The molecule has 126 valence electrons. The second kappa shape index (κ2) is 5.49. The molecule has 0 heterocycles. The van der Waals surface area contributed by atoms with E-state index >= 15 is 0 Å². The lowest BCUT2D eigenvalue weighted by atomic mass is 9.55. The Labute approximate surface area is 138 Å². The summed E-state index contributed by atoms with van der Waals surface area (Å²) < 4.78 is 0. The Morgan fingerprint density at radius 2 is 2.09 bits per heavy atom. The van der Waals surface area contributed by atoms with E-state index in [9.17, 15) is 15.3 Å². The number of phenolic OH excluding ortho intramolecular Hbond substituents is 1. The topological polar surface area (TPSA) is 60.7 Å². The summed E-state index contributed by atoms with van der Waals surface area (Å²) in [6.45, 7) is 2.46. The molecule has 3 heteroatoms. The van der Waals surface area contributed by atoms with E-state index in [0.717, 1.165) is 32.1 Å². The fourth-order valence-electron chi connectivity index (χ4n) is 6.16. The normalized spacial score (nSPS) is 42.0. The van der Waals surface area contributed by atoms with Crippen molar-refractivity contribution >= 4 is 0 Å². The number of rotatable bonds is 2. The van der Waals surface area contributed by atoms with Crippen LogP contribution < -0.4 is 0 Å². The van der Waals surface area contributed by atoms with Gasteiger partial charge in [0.2, 0.25) is 0 Å². The third-order valence-corrected chi connectivity index (χ3v) is 7.33. The molecule has 0 aliphatic heterocycles. The van der Waals surface area contributed by atoms with Crippen LogP contribution in [0.5, 0.6) is 5.75 Å². The number of aryl methyl sites for hydroxylation is 1. The van der Waals surface area contributed by atoms with Crippen molar-refractivity contribution in [2.24, 2.45) is 23.2 Å². The van der Waals surface area contributed by atoms with Crippen LogP contribution in [-0.2, 0) is 6.42 Å². The van der Waals surface area contributed by atoms with Crippen molar-refractivity contribution in [3.05, 3.63) is 29.3 Å². The molecule has 0 saturated heterocycles. The van der Waals surface area contributed by atoms with Gasteiger partial charge >= 0.3 is 0 Å². The van der Waals surface area contributed by atoms with Crippen LogP contribution in [0.2, 0.25) is 0 Å². The van der Waals surface area contributed by atoms with Gasteiger partial charge in [-0.05, 0) is 90.9 Å². The zero-order valence-electron chi connectivity index (χ0n) is 13.9. The monoisotopic (exact) mass is 316 g/mol. The molecule has 0 aromatic heterocycles. The maximum absolute atomic E-state index is 10.9. The Kier molecular flexibility index (Phi) is 3.69. The third kappa shape index (κ3) is 2.24. The number of hydrogen-bond acceptors (Lipinski definition) is 3. The first-order valence-electron chi connectivity index (χ1n) is 9.15. The summed E-state index contributed by atoms with van der Waals surface area (Å²) in [6, 6.07) is 5.89. The number of aliphatic hydroxyl groups is 2. The van der Waals surface area contributed by atoms with Gasteiger partial charge in [-0.3, -0.25) is 0 Å². The quantitative estimate of drug-likeness (QED) is 0.785. The van der Waals surface area contributed by atoms with Crippen molar-refractivity contribution in [1.82, 2.24) is 0 Å². The largest absolute Gasteiger partial charge is 0.508 e. The van der Waals surface area contributed by atoms with Crippen molar-refractivity contribution in [3.63, 3.8) is 0 Å². The van der Waals surface area contributed by atoms with E-state index in [0.29, 0.717) is 23.5 Å². The average molecular weight is 316 g/mol. The molecule has 1 unspecified atom stereocenters. The van der Waals surface area contributed by atoms with Gasteiger partial charge in [-0.1, -0.05) is 13.0 Å². The number of phenols is 1. The molecule has 1 aromatic rings. The predicted molar refractivity (Wildman–Crippen MR) is 89.3 cm³/mol. The van der Waals surface area contributed by atoms with Gasteiger partial charge in [0.1, 0.15) is 5.75 Å². The third-order valence-electron chi connectivity index (χ3n) is 7.33. The van der Waals surface area contributed by atoms with Crippen LogP contribution in [0, 0.1) is 23.2 Å². The minimum Gasteiger partial charge on any atom is -0.508 e. The Morgan fingerprint density at radius 1 is 1.26 bits per heavy atom. The lowest BCUT2D eigenvalue weighted by molar-refractivity contribution is -0.0345. The molecular formula is C20H28O3. The summed E-state index contributed by atoms with van der Waals surface area (Å²) in [5.74, 6) is 2.42. The highest BCUT2D eigenvalue weighted by Gasteiger charge is 2.57. The summed E-state index contributed by atoms with van der Waals surface area (Å²) >= 11 is 0.